The Morgan fingerprint density at radius 2 is 1.89 bits per heavy atom. The SMILES string of the molecule is O=C(Nc1ccccc1Cc1nc(-c2cnccn2)no1)c1ccccc1Br. The first-order valence-electron chi connectivity index (χ1n) is 8.43. The molecule has 8 heteroatoms. The minimum absolute atomic E-state index is 0.203. The van der Waals surface area contributed by atoms with Gasteiger partial charge in [-0.3, -0.25) is 9.78 Å². The lowest BCUT2D eigenvalue weighted by atomic mass is 10.1. The molecule has 1 amide bonds. The number of hydrogen-bond acceptors (Lipinski definition) is 6. The van der Waals surface area contributed by atoms with Crippen LogP contribution in [-0.2, 0) is 6.42 Å². The Labute approximate surface area is 169 Å². The van der Waals surface area contributed by atoms with E-state index in [1.165, 1.54) is 0 Å². The predicted molar refractivity (Wildman–Crippen MR) is 107 cm³/mol. The van der Waals surface area contributed by atoms with E-state index in [2.05, 4.69) is 41.4 Å². The Kier molecular flexibility index (Phi) is 5.20. The molecule has 2 aromatic heterocycles. The van der Waals surface area contributed by atoms with Gasteiger partial charge >= 0.3 is 0 Å². The molecule has 4 aromatic rings. The summed E-state index contributed by atoms with van der Waals surface area (Å²) >= 11 is 3.40. The van der Waals surface area contributed by atoms with Crippen LogP contribution in [0.5, 0.6) is 0 Å². The number of amides is 1. The Bertz CT molecular complexity index is 1110. The van der Waals surface area contributed by atoms with Gasteiger partial charge in [0.15, 0.2) is 0 Å². The molecule has 138 valence electrons. The molecule has 0 radical (unpaired) electrons. The smallest absolute Gasteiger partial charge is 0.256 e. The van der Waals surface area contributed by atoms with Crippen LogP contribution < -0.4 is 5.32 Å². The van der Waals surface area contributed by atoms with E-state index in [-0.39, 0.29) is 5.91 Å². The fraction of sp³-hybridized carbons (Fsp3) is 0.0500. The van der Waals surface area contributed by atoms with Gasteiger partial charge in [0.05, 0.1) is 18.2 Å². The van der Waals surface area contributed by atoms with Crippen LogP contribution in [0, 0.1) is 0 Å². The van der Waals surface area contributed by atoms with Crippen LogP contribution in [0.2, 0.25) is 0 Å². The topological polar surface area (TPSA) is 93.8 Å². The minimum Gasteiger partial charge on any atom is -0.339 e. The van der Waals surface area contributed by atoms with Crippen LogP contribution in [0.1, 0.15) is 21.8 Å². The van der Waals surface area contributed by atoms with E-state index < -0.39 is 0 Å². The molecule has 0 aliphatic rings. The maximum atomic E-state index is 12.6. The second kappa shape index (κ2) is 8.10. The zero-order chi connectivity index (χ0) is 19.3. The highest BCUT2D eigenvalue weighted by Gasteiger charge is 2.15. The summed E-state index contributed by atoms with van der Waals surface area (Å²) in [6.45, 7) is 0. The molecule has 2 aromatic carbocycles. The van der Waals surface area contributed by atoms with Gasteiger partial charge < -0.3 is 9.84 Å². The molecule has 0 aliphatic carbocycles. The number of carbonyl (C=O) groups is 1. The van der Waals surface area contributed by atoms with Crippen LogP contribution in [-0.4, -0.2) is 26.0 Å². The maximum absolute atomic E-state index is 12.6. The van der Waals surface area contributed by atoms with Gasteiger partial charge in [-0.15, -0.1) is 0 Å². The van der Waals surface area contributed by atoms with Crippen molar-refractivity contribution < 1.29 is 9.32 Å². The molecule has 4 rings (SSSR count). The second-order valence-corrected chi connectivity index (χ2v) is 6.72. The van der Waals surface area contributed by atoms with Crippen molar-refractivity contribution in [2.24, 2.45) is 0 Å². The normalized spacial score (nSPS) is 10.6. The van der Waals surface area contributed by atoms with Gasteiger partial charge in [0, 0.05) is 22.6 Å². The van der Waals surface area contributed by atoms with Crippen molar-refractivity contribution in [1.29, 1.82) is 0 Å². The number of halogens is 1. The number of benzene rings is 2. The third-order valence-corrected chi connectivity index (χ3v) is 4.68. The number of anilines is 1. The summed E-state index contributed by atoms with van der Waals surface area (Å²) in [5.41, 5.74) is 2.63. The summed E-state index contributed by atoms with van der Waals surface area (Å²) in [6, 6.07) is 14.8. The molecule has 0 unspecified atom stereocenters. The van der Waals surface area contributed by atoms with Gasteiger partial charge in [-0.2, -0.15) is 4.98 Å². The number of hydrogen-bond donors (Lipinski definition) is 1. The zero-order valence-electron chi connectivity index (χ0n) is 14.5. The third kappa shape index (κ3) is 3.96. The monoisotopic (exact) mass is 435 g/mol. The molecule has 7 nitrogen and oxygen atoms in total. The first-order valence-corrected chi connectivity index (χ1v) is 9.23. The molecule has 0 spiro atoms. The zero-order valence-corrected chi connectivity index (χ0v) is 16.1. The van der Waals surface area contributed by atoms with Gasteiger partial charge in [-0.1, -0.05) is 35.5 Å². The molecule has 0 fully saturated rings. The fourth-order valence-corrected chi connectivity index (χ4v) is 3.10. The van der Waals surface area contributed by atoms with Gasteiger partial charge in [0.2, 0.25) is 11.7 Å². The third-order valence-electron chi connectivity index (χ3n) is 3.99. The Morgan fingerprint density at radius 3 is 2.71 bits per heavy atom. The maximum Gasteiger partial charge on any atom is 0.256 e. The lowest BCUT2D eigenvalue weighted by Crippen LogP contribution is -2.14. The molecule has 0 aliphatic heterocycles. The predicted octanol–water partition coefficient (Wildman–Crippen LogP) is 4.13. The van der Waals surface area contributed by atoms with Crippen molar-refractivity contribution in [3.05, 3.63) is 88.6 Å². The highest BCUT2D eigenvalue weighted by Crippen LogP contribution is 2.22. The molecule has 0 bridgehead atoms. The van der Waals surface area contributed by atoms with Crippen molar-refractivity contribution in [1.82, 2.24) is 20.1 Å². The van der Waals surface area contributed by atoms with E-state index in [9.17, 15) is 4.79 Å². The summed E-state index contributed by atoms with van der Waals surface area (Å²) in [5.74, 6) is 0.590. The molecule has 28 heavy (non-hydrogen) atoms. The molecular formula is C20H14BrN5O2. The molecule has 0 saturated carbocycles. The van der Waals surface area contributed by atoms with E-state index in [1.807, 2.05) is 42.5 Å². The van der Waals surface area contributed by atoms with E-state index in [4.69, 9.17) is 4.52 Å². The average molecular weight is 436 g/mol. The summed E-state index contributed by atoms with van der Waals surface area (Å²) in [5, 5.41) is 6.90. The van der Waals surface area contributed by atoms with E-state index in [0.717, 1.165) is 10.0 Å². The number of aromatic nitrogens is 4. The first-order chi connectivity index (χ1) is 13.7. The Morgan fingerprint density at radius 1 is 1.07 bits per heavy atom. The standard InChI is InChI=1S/C20H14BrN5O2/c21-15-7-3-2-6-14(15)20(27)24-16-8-4-1-5-13(16)11-18-25-19(26-28-18)17-12-22-9-10-23-17/h1-10,12H,11H2,(H,24,27). The number of carbonyl (C=O) groups excluding carboxylic acids is 1. The van der Waals surface area contributed by atoms with Crippen molar-refractivity contribution in [2.45, 2.75) is 6.42 Å². The fourth-order valence-electron chi connectivity index (χ4n) is 2.64. The quantitative estimate of drug-likeness (QED) is 0.506. The summed E-state index contributed by atoms with van der Waals surface area (Å²) in [7, 11) is 0. The van der Waals surface area contributed by atoms with Crippen LogP contribution in [0.15, 0.2) is 76.1 Å². The van der Waals surface area contributed by atoms with Crippen LogP contribution in [0.3, 0.4) is 0 Å². The largest absolute Gasteiger partial charge is 0.339 e. The van der Waals surface area contributed by atoms with Crippen molar-refractivity contribution in [3.63, 3.8) is 0 Å². The van der Waals surface area contributed by atoms with Gasteiger partial charge in [0.25, 0.3) is 5.91 Å². The molecule has 0 atom stereocenters. The average Bonchev–Trinajstić information content (AvgIpc) is 3.19. The van der Waals surface area contributed by atoms with Crippen LogP contribution in [0.25, 0.3) is 11.5 Å². The minimum atomic E-state index is -0.203. The molecule has 2 heterocycles. The highest BCUT2D eigenvalue weighted by molar-refractivity contribution is 9.10. The van der Waals surface area contributed by atoms with E-state index >= 15 is 0 Å². The van der Waals surface area contributed by atoms with Gasteiger partial charge in [-0.25, -0.2) is 4.98 Å². The Hall–Kier alpha value is -3.39. The molecule has 1 N–H and O–H groups in total. The van der Waals surface area contributed by atoms with Crippen LogP contribution in [0.4, 0.5) is 5.69 Å². The van der Waals surface area contributed by atoms with Crippen molar-refractivity contribution >= 4 is 27.5 Å². The van der Waals surface area contributed by atoms with Crippen LogP contribution >= 0.6 is 15.9 Å². The number of nitrogens with zero attached hydrogens (tertiary/aromatic N) is 4. The van der Waals surface area contributed by atoms with Gasteiger partial charge in [-0.05, 0) is 39.7 Å². The second-order valence-electron chi connectivity index (χ2n) is 5.87. The first kappa shape index (κ1) is 18.0. The number of para-hydroxylation sites is 1. The lowest BCUT2D eigenvalue weighted by molar-refractivity contribution is 0.102. The summed E-state index contributed by atoms with van der Waals surface area (Å²) in [6.07, 6.45) is 5.09. The van der Waals surface area contributed by atoms with Crippen molar-refractivity contribution in [3.8, 4) is 11.5 Å². The van der Waals surface area contributed by atoms with Crippen molar-refractivity contribution in [2.75, 3.05) is 5.32 Å². The van der Waals surface area contributed by atoms with E-state index in [0.29, 0.717) is 35.1 Å². The molecular weight excluding hydrogens is 422 g/mol. The lowest BCUT2D eigenvalue weighted by Gasteiger charge is -2.10. The van der Waals surface area contributed by atoms with Gasteiger partial charge in [0.1, 0.15) is 5.69 Å². The Balaban J connectivity index is 1.55. The number of nitrogens with one attached hydrogen (secondary N) is 1. The number of rotatable bonds is 5. The highest BCUT2D eigenvalue weighted by atomic mass is 79.9. The molecule has 0 saturated heterocycles. The summed E-state index contributed by atoms with van der Waals surface area (Å²) in [4.78, 5) is 25.1. The summed E-state index contributed by atoms with van der Waals surface area (Å²) < 4.78 is 6.07. The van der Waals surface area contributed by atoms with E-state index in [1.54, 1.807) is 24.7 Å².